The smallest absolute Gasteiger partial charge is 0.269 e. The van der Waals surface area contributed by atoms with Crippen LogP contribution in [-0.4, -0.2) is 63.2 Å². The van der Waals surface area contributed by atoms with Gasteiger partial charge in [0.15, 0.2) is 5.69 Å². The molecule has 0 aliphatic carbocycles. The zero-order valence-corrected chi connectivity index (χ0v) is 20.5. The molecule has 4 rings (SSSR count). The van der Waals surface area contributed by atoms with Crippen LogP contribution in [0.15, 0.2) is 30.5 Å². The number of amides is 3. The molecular formula is C25H29FN6O4. The quantitative estimate of drug-likeness (QED) is 0.485. The van der Waals surface area contributed by atoms with Crippen molar-refractivity contribution in [2.45, 2.75) is 51.9 Å². The Labute approximate surface area is 207 Å². The number of hydrogen-bond acceptors (Lipinski definition) is 6. The van der Waals surface area contributed by atoms with Gasteiger partial charge in [-0.05, 0) is 31.4 Å². The van der Waals surface area contributed by atoms with Crippen molar-refractivity contribution in [1.82, 2.24) is 25.0 Å². The van der Waals surface area contributed by atoms with Crippen LogP contribution in [0.4, 0.5) is 4.39 Å². The van der Waals surface area contributed by atoms with Crippen LogP contribution in [-0.2, 0) is 33.8 Å². The molecule has 1 aliphatic heterocycles. The number of halogens is 1. The third kappa shape index (κ3) is 4.78. The average Bonchev–Trinajstić information content (AvgIpc) is 3.46. The molecular weight excluding hydrogens is 467 g/mol. The Morgan fingerprint density at radius 2 is 2.08 bits per heavy atom. The lowest BCUT2D eigenvalue weighted by atomic mass is 10.1. The van der Waals surface area contributed by atoms with E-state index < -0.39 is 24.0 Å². The van der Waals surface area contributed by atoms with Gasteiger partial charge in [-0.3, -0.25) is 24.0 Å². The fourth-order valence-electron chi connectivity index (χ4n) is 4.56. The van der Waals surface area contributed by atoms with Gasteiger partial charge in [0.2, 0.25) is 11.8 Å². The molecule has 36 heavy (non-hydrogen) atoms. The van der Waals surface area contributed by atoms with Gasteiger partial charge in [0.25, 0.3) is 5.91 Å². The van der Waals surface area contributed by atoms with Crippen LogP contribution >= 0.6 is 0 Å². The molecule has 0 bridgehead atoms. The van der Waals surface area contributed by atoms with Crippen LogP contribution in [0.5, 0.6) is 0 Å². The van der Waals surface area contributed by atoms with E-state index >= 15 is 0 Å². The summed E-state index contributed by atoms with van der Waals surface area (Å²) in [6, 6.07) is 5.82. The molecule has 0 saturated carbocycles. The molecule has 0 radical (unpaired) electrons. The van der Waals surface area contributed by atoms with E-state index in [0.717, 1.165) is 5.69 Å². The maximum atomic E-state index is 14.4. The van der Waals surface area contributed by atoms with E-state index in [-0.39, 0.29) is 30.5 Å². The summed E-state index contributed by atoms with van der Waals surface area (Å²) in [5.41, 5.74) is 7.66. The van der Waals surface area contributed by atoms with Crippen molar-refractivity contribution in [3.05, 3.63) is 58.8 Å². The fourth-order valence-corrected chi connectivity index (χ4v) is 4.56. The van der Waals surface area contributed by atoms with Crippen molar-refractivity contribution in [2.24, 2.45) is 5.73 Å². The van der Waals surface area contributed by atoms with Crippen LogP contribution in [0.2, 0.25) is 0 Å². The van der Waals surface area contributed by atoms with E-state index in [2.05, 4.69) is 15.4 Å². The largest absolute Gasteiger partial charge is 0.379 e. The monoisotopic (exact) mass is 496 g/mol. The number of nitrogens with two attached hydrogens (primary N) is 1. The Balaban J connectivity index is 1.55. The number of pyridine rings is 1. The molecule has 10 nitrogen and oxygen atoms in total. The molecule has 3 heterocycles. The minimum atomic E-state index is -0.891. The number of nitrogens with one attached hydrogen (secondary N) is 1. The minimum Gasteiger partial charge on any atom is -0.379 e. The lowest BCUT2D eigenvalue weighted by molar-refractivity contribution is -0.141. The van der Waals surface area contributed by atoms with Gasteiger partial charge in [-0.2, -0.15) is 5.10 Å². The number of methoxy groups -OCH3 is 1. The highest BCUT2D eigenvalue weighted by Gasteiger charge is 2.42. The van der Waals surface area contributed by atoms with Gasteiger partial charge in [-0.25, -0.2) is 4.39 Å². The molecule has 3 amide bonds. The first-order chi connectivity index (χ1) is 17.2. The zero-order valence-electron chi connectivity index (χ0n) is 20.5. The zero-order chi connectivity index (χ0) is 26.0. The Morgan fingerprint density at radius 3 is 2.78 bits per heavy atom. The molecule has 3 N–H and O–H groups in total. The number of nitrogens with zero attached hydrogens (tertiary/aromatic N) is 4. The predicted molar refractivity (Wildman–Crippen MR) is 129 cm³/mol. The summed E-state index contributed by atoms with van der Waals surface area (Å²) < 4.78 is 21.2. The fraction of sp³-hybridized carbons (Fsp3) is 0.400. The second-order valence-corrected chi connectivity index (χ2v) is 8.78. The second kappa shape index (κ2) is 10.4. The number of hydrogen-bond donors (Lipinski definition) is 2. The summed E-state index contributed by atoms with van der Waals surface area (Å²) in [4.78, 5) is 44.2. The predicted octanol–water partition coefficient (Wildman–Crippen LogP) is 1.47. The van der Waals surface area contributed by atoms with E-state index in [0.29, 0.717) is 41.4 Å². The van der Waals surface area contributed by atoms with Crippen molar-refractivity contribution < 1.29 is 23.5 Å². The number of aromatic nitrogens is 3. The Morgan fingerprint density at radius 1 is 1.31 bits per heavy atom. The van der Waals surface area contributed by atoms with Crippen molar-refractivity contribution in [1.29, 1.82) is 0 Å². The number of aryl methyl sites for hydroxylation is 2. The van der Waals surface area contributed by atoms with Gasteiger partial charge < -0.3 is 20.7 Å². The topological polar surface area (TPSA) is 132 Å². The Bertz CT molecular complexity index is 1320. The molecule has 1 aliphatic rings. The van der Waals surface area contributed by atoms with Gasteiger partial charge in [-0.15, -0.1) is 0 Å². The molecule has 2 unspecified atom stereocenters. The SMILES string of the molecule is CCc1cc2c(C(N)=O)nn(CC(=O)N3CCC(OC)C3C(=O)NCc3cccc(C)c3F)c2cn1. The number of carbonyl (C=O) groups is 3. The third-order valence-corrected chi connectivity index (χ3v) is 6.53. The number of carbonyl (C=O) groups excluding carboxylic acids is 3. The molecule has 0 spiro atoms. The third-order valence-electron chi connectivity index (χ3n) is 6.53. The summed E-state index contributed by atoms with van der Waals surface area (Å²) in [5, 5.41) is 7.52. The maximum absolute atomic E-state index is 14.4. The summed E-state index contributed by atoms with van der Waals surface area (Å²) >= 11 is 0. The molecule has 1 fully saturated rings. The minimum absolute atomic E-state index is 0.0154. The summed E-state index contributed by atoms with van der Waals surface area (Å²) in [6.45, 7) is 3.65. The Hall–Kier alpha value is -3.86. The number of benzene rings is 1. The first-order valence-electron chi connectivity index (χ1n) is 11.7. The first-order valence-corrected chi connectivity index (χ1v) is 11.7. The average molecular weight is 497 g/mol. The van der Waals surface area contributed by atoms with Gasteiger partial charge in [0, 0.05) is 36.8 Å². The number of primary amides is 1. The van der Waals surface area contributed by atoms with E-state index in [1.54, 1.807) is 37.4 Å². The lowest BCUT2D eigenvalue weighted by Crippen LogP contribution is -2.51. The summed E-state index contributed by atoms with van der Waals surface area (Å²) in [7, 11) is 1.48. The van der Waals surface area contributed by atoms with Gasteiger partial charge in [0.1, 0.15) is 18.4 Å². The van der Waals surface area contributed by atoms with Gasteiger partial charge >= 0.3 is 0 Å². The van der Waals surface area contributed by atoms with Gasteiger partial charge in [-0.1, -0.05) is 25.1 Å². The highest BCUT2D eigenvalue weighted by Crippen LogP contribution is 2.24. The number of rotatable bonds is 8. The van der Waals surface area contributed by atoms with Crippen LogP contribution in [0, 0.1) is 12.7 Å². The Kier molecular flexibility index (Phi) is 7.30. The first kappa shape index (κ1) is 25.2. The summed E-state index contributed by atoms with van der Waals surface area (Å²) in [5.74, 6) is -1.90. The standard InChI is InChI=1S/C25H29FN6O4/c1-4-16-10-17-18(12-28-16)32(30-22(17)24(27)34)13-20(33)31-9-8-19(36-3)23(31)25(35)29-11-15-7-5-6-14(2)21(15)26/h5-7,10,12,19,23H,4,8-9,11,13H2,1-3H3,(H2,27,34)(H,29,35). The van der Waals surface area contributed by atoms with E-state index in [4.69, 9.17) is 10.5 Å². The molecule has 2 atom stereocenters. The molecule has 190 valence electrons. The van der Waals surface area contributed by atoms with E-state index in [9.17, 15) is 18.8 Å². The van der Waals surface area contributed by atoms with E-state index in [1.165, 1.54) is 16.7 Å². The number of likely N-dealkylation sites (tertiary alicyclic amines) is 1. The highest BCUT2D eigenvalue weighted by molar-refractivity contribution is 6.04. The molecule has 2 aromatic heterocycles. The van der Waals surface area contributed by atoms with Crippen LogP contribution in [0.3, 0.4) is 0 Å². The number of ether oxygens (including phenoxy) is 1. The molecule has 3 aromatic rings. The summed E-state index contributed by atoms with van der Waals surface area (Å²) in [6.07, 6.45) is 2.17. The maximum Gasteiger partial charge on any atom is 0.269 e. The normalized spacial score (nSPS) is 17.5. The van der Waals surface area contributed by atoms with Gasteiger partial charge in [0.05, 0.1) is 17.8 Å². The van der Waals surface area contributed by atoms with E-state index in [1.807, 2.05) is 6.92 Å². The molecule has 11 heteroatoms. The van der Waals surface area contributed by atoms with Crippen molar-refractivity contribution >= 4 is 28.6 Å². The van der Waals surface area contributed by atoms with Crippen molar-refractivity contribution in [3.8, 4) is 0 Å². The molecule has 1 saturated heterocycles. The van der Waals surface area contributed by atoms with Crippen LogP contribution in [0.1, 0.15) is 40.7 Å². The number of fused-ring (bicyclic) bond motifs is 1. The van der Waals surface area contributed by atoms with Crippen molar-refractivity contribution in [2.75, 3.05) is 13.7 Å². The van der Waals surface area contributed by atoms with Crippen LogP contribution in [0.25, 0.3) is 10.9 Å². The van der Waals surface area contributed by atoms with Crippen LogP contribution < -0.4 is 11.1 Å². The lowest BCUT2D eigenvalue weighted by Gasteiger charge is -2.27. The second-order valence-electron chi connectivity index (χ2n) is 8.78. The van der Waals surface area contributed by atoms with Crippen molar-refractivity contribution in [3.63, 3.8) is 0 Å². The highest BCUT2D eigenvalue weighted by atomic mass is 19.1. The molecule has 1 aromatic carbocycles.